The number of alkyl halides is 1. The lowest BCUT2D eigenvalue weighted by Gasteiger charge is -2.32. The summed E-state index contributed by atoms with van der Waals surface area (Å²) >= 11 is 0. The van der Waals surface area contributed by atoms with Crippen molar-refractivity contribution in [1.29, 1.82) is 0 Å². The summed E-state index contributed by atoms with van der Waals surface area (Å²) in [6.07, 6.45) is -1.54. The smallest absolute Gasteiger partial charge is 0.407 e. The van der Waals surface area contributed by atoms with Crippen molar-refractivity contribution in [1.82, 2.24) is 4.90 Å². The van der Waals surface area contributed by atoms with E-state index in [1.54, 1.807) is 6.92 Å². The number of carbonyl (C=O) groups is 2. The van der Waals surface area contributed by atoms with Crippen LogP contribution in [0.4, 0.5) is 9.18 Å². The molecular formula is C10H14FNO5. The first kappa shape index (κ1) is 13.3. The second-order valence-electron chi connectivity index (χ2n) is 3.57. The van der Waals surface area contributed by atoms with Crippen LogP contribution in [0.25, 0.3) is 0 Å². The van der Waals surface area contributed by atoms with E-state index in [9.17, 15) is 19.1 Å². The minimum absolute atomic E-state index is 0.120. The van der Waals surface area contributed by atoms with Crippen LogP contribution in [0.15, 0.2) is 11.3 Å². The largest absolute Gasteiger partial charge is 0.512 e. The van der Waals surface area contributed by atoms with Crippen LogP contribution >= 0.6 is 0 Å². The minimum atomic E-state index is -1.33. The molecule has 7 heteroatoms. The molecule has 0 saturated heterocycles. The molecule has 0 aromatic rings. The maximum absolute atomic E-state index is 12.6. The molecule has 0 spiro atoms. The lowest BCUT2D eigenvalue weighted by atomic mass is 10.0. The summed E-state index contributed by atoms with van der Waals surface area (Å²) in [6.45, 7) is 0.452. The number of aliphatic hydroxyl groups is 1. The number of carbonyl (C=O) groups excluding carboxylic acids is 1. The summed E-state index contributed by atoms with van der Waals surface area (Å²) in [7, 11) is 0. The highest BCUT2D eigenvalue weighted by molar-refractivity contribution is 5.90. The lowest BCUT2D eigenvalue weighted by molar-refractivity contribution is -0.139. The molecule has 1 unspecified atom stereocenters. The minimum Gasteiger partial charge on any atom is -0.512 e. The van der Waals surface area contributed by atoms with Gasteiger partial charge in [0.15, 0.2) is 0 Å². The highest BCUT2D eigenvalue weighted by Gasteiger charge is 2.34. The van der Waals surface area contributed by atoms with E-state index in [-0.39, 0.29) is 30.9 Å². The van der Waals surface area contributed by atoms with E-state index in [0.717, 1.165) is 4.90 Å². The molecule has 0 aromatic carbocycles. The van der Waals surface area contributed by atoms with Crippen molar-refractivity contribution in [2.75, 3.05) is 19.8 Å². The predicted molar refractivity (Wildman–Crippen MR) is 55.4 cm³/mol. The maximum atomic E-state index is 12.6. The second kappa shape index (κ2) is 5.51. The van der Waals surface area contributed by atoms with Gasteiger partial charge in [-0.25, -0.2) is 14.0 Å². The summed E-state index contributed by atoms with van der Waals surface area (Å²) < 4.78 is 17.3. The number of carboxylic acid groups (broad SMARTS) is 1. The van der Waals surface area contributed by atoms with Gasteiger partial charge in [0.2, 0.25) is 0 Å². The Morgan fingerprint density at radius 2 is 2.24 bits per heavy atom. The van der Waals surface area contributed by atoms with Crippen molar-refractivity contribution in [3.63, 3.8) is 0 Å². The molecule has 1 rings (SSSR count). The van der Waals surface area contributed by atoms with Gasteiger partial charge in [-0.3, -0.25) is 4.90 Å². The molecule has 1 amide bonds. The van der Waals surface area contributed by atoms with Gasteiger partial charge in [0, 0.05) is 6.42 Å². The first-order valence-electron chi connectivity index (χ1n) is 5.14. The number of esters is 1. The maximum Gasteiger partial charge on any atom is 0.407 e. The zero-order valence-corrected chi connectivity index (χ0v) is 9.35. The number of aliphatic hydroxyl groups excluding tert-OH is 1. The highest BCUT2D eigenvalue weighted by atomic mass is 19.1. The van der Waals surface area contributed by atoms with Gasteiger partial charge in [-0.05, 0) is 6.92 Å². The average Bonchev–Trinajstić information content (AvgIpc) is 2.28. The predicted octanol–water partition coefficient (Wildman–Crippen LogP) is 1.08. The van der Waals surface area contributed by atoms with Crippen molar-refractivity contribution < 1.29 is 28.9 Å². The molecule has 1 aliphatic rings. The fourth-order valence-electron chi connectivity index (χ4n) is 1.61. The van der Waals surface area contributed by atoms with Crippen LogP contribution in [-0.2, 0) is 9.53 Å². The van der Waals surface area contributed by atoms with Gasteiger partial charge in [0.25, 0.3) is 0 Å². The van der Waals surface area contributed by atoms with Gasteiger partial charge in [-0.1, -0.05) is 0 Å². The number of amides is 1. The van der Waals surface area contributed by atoms with E-state index < -0.39 is 24.8 Å². The Morgan fingerprint density at radius 1 is 1.59 bits per heavy atom. The normalized spacial score (nSPS) is 20.4. The molecule has 6 nitrogen and oxygen atoms in total. The van der Waals surface area contributed by atoms with Crippen LogP contribution in [0.5, 0.6) is 0 Å². The molecule has 0 aromatic heterocycles. The van der Waals surface area contributed by atoms with Crippen LogP contribution in [0.2, 0.25) is 0 Å². The van der Waals surface area contributed by atoms with Gasteiger partial charge in [0.05, 0.1) is 24.8 Å². The van der Waals surface area contributed by atoms with E-state index in [1.807, 2.05) is 0 Å². The van der Waals surface area contributed by atoms with Crippen LogP contribution in [0, 0.1) is 0 Å². The Morgan fingerprint density at radius 3 is 2.71 bits per heavy atom. The second-order valence-corrected chi connectivity index (χ2v) is 3.57. The fourth-order valence-corrected chi connectivity index (χ4v) is 1.61. The summed E-state index contributed by atoms with van der Waals surface area (Å²) in [5.74, 6) is -1.07. The molecule has 1 aliphatic heterocycles. The summed E-state index contributed by atoms with van der Waals surface area (Å²) in [5.41, 5.74) is -0.126. The fraction of sp³-hybridized carbons (Fsp3) is 0.600. The Labute approximate surface area is 97.3 Å². The summed E-state index contributed by atoms with van der Waals surface area (Å²) in [6, 6.07) is -0.953. The van der Waals surface area contributed by atoms with Crippen molar-refractivity contribution in [2.45, 2.75) is 19.4 Å². The molecule has 1 atom stereocenters. The first-order valence-corrected chi connectivity index (χ1v) is 5.14. The third-order valence-corrected chi connectivity index (χ3v) is 2.49. The Hall–Kier alpha value is -1.79. The first-order chi connectivity index (χ1) is 8.01. The van der Waals surface area contributed by atoms with Gasteiger partial charge in [-0.15, -0.1) is 0 Å². The van der Waals surface area contributed by atoms with Crippen molar-refractivity contribution >= 4 is 12.1 Å². The van der Waals surface area contributed by atoms with E-state index in [1.165, 1.54) is 0 Å². The highest BCUT2D eigenvalue weighted by Crippen LogP contribution is 2.23. The van der Waals surface area contributed by atoms with Gasteiger partial charge in [0.1, 0.15) is 12.4 Å². The van der Waals surface area contributed by atoms with Crippen LogP contribution in [-0.4, -0.2) is 53.0 Å². The molecule has 1 heterocycles. The molecule has 0 bridgehead atoms. The zero-order valence-electron chi connectivity index (χ0n) is 9.35. The number of ether oxygens (including phenoxy) is 1. The lowest BCUT2D eigenvalue weighted by Crippen LogP contribution is -2.46. The Balaban J connectivity index is 2.91. The standard InChI is InChI=1S/C10H14FNO5/c1-2-17-9(14)7-5-12(10(15)16)6(4-11)3-8(7)13/h6,13H,2-5H2,1H3,(H,15,16). The summed E-state index contributed by atoms with van der Waals surface area (Å²) in [5, 5.41) is 18.4. The number of nitrogens with zero attached hydrogens (tertiary/aromatic N) is 1. The molecule has 2 N–H and O–H groups in total. The van der Waals surface area contributed by atoms with Crippen molar-refractivity contribution in [3.05, 3.63) is 11.3 Å². The number of hydrogen-bond donors (Lipinski definition) is 2. The molecule has 96 valence electrons. The topological polar surface area (TPSA) is 87.1 Å². The molecule has 0 aliphatic carbocycles. The van der Waals surface area contributed by atoms with Crippen LogP contribution < -0.4 is 0 Å². The van der Waals surface area contributed by atoms with Crippen LogP contribution in [0.1, 0.15) is 13.3 Å². The van der Waals surface area contributed by atoms with E-state index in [2.05, 4.69) is 4.74 Å². The van der Waals surface area contributed by atoms with Crippen molar-refractivity contribution in [2.24, 2.45) is 0 Å². The zero-order chi connectivity index (χ0) is 13.0. The van der Waals surface area contributed by atoms with Crippen molar-refractivity contribution in [3.8, 4) is 0 Å². The third kappa shape index (κ3) is 2.86. The molecule has 0 radical (unpaired) electrons. The van der Waals surface area contributed by atoms with Gasteiger partial charge in [-0.2, -0.15) is 0 Å². The summed E-state index contributed by atoms with van der Waals surface area (Å²) in [4.78, 5) is 23.1. The van der Waals surface area contributed by atoms with Crippen LogP contribution in [0.3, 0.4) is 0 Å². The average molecular weight is 247 g/mol. The molecule has 0 fully saturated rings. The molecular weight excluding hydrogens is 233 g/mol. The SMILES string of the molecule is CCOC(=O)C1=C(O)CC(CF)N(C(=O)O)C1. The monoisotopic (exact) mass is 247 g/mol. The Kier molecular flexibility index (Phi) is 4.30. The quantitative estimate of drug-likeness (QED) is 0.729. The molecule has 17 heavy (non-hydrogen) atoms. The Bertz CT molecular complexity index is 355. The number of halogens is 1. The molecule has 0 saturated carbocycles. The van der Waals surface area contributed by atoms with Gasteiger partial charge >= 0.3 is 12.1 Å². The van der Waals surface area contributed by atoms with Gasteiger partial charge < -0.3 is 14.9 Å². The van der Waals surface area contributed by atoms with E-state index >= 15 is 0 Å². The third-order valence-electron chi connectivity index (χ3n) is 2.49. The number of hydrogen-bond acceptors (Lipinski definition) is 4. The number of rotatable bonds is 3. The van der Waals surface area contributed by atoms with E-state index in [4.69, 9.17) is 5.11 Å². The van der Waals surface area contributed by atoms with E-state index in [0.29, 0.717) is 0 Å².